The predicted molar refractivity (Wildman–Crippen MR) is 76.9 cm³/mol. The number of halogens is 1. The molecular weight excluding hydrogens is 292 g/mol. The Balaban J connectivity index is 1.86. The lowest BCUT2D eigenvalue weighted by Crippen LogP contribution is -2.01. The molecule has 1 aromatic heterocycles. The van der Waals surface area contributed by atoms with E-state index in [2.05, 4.69) is 14.7 Å². The topological polar surface area (TPSA) is 61.3 Å². The fourth-order valence-corrected chi connectivity index (χ4v) is 2.52. The fourth-order valence-electron chi connectivity index (χ4n) is 2.34. The minimum atomic E-state index is -0.382. The van der Waals surface area contributed by atoms with E-state index in [9.17, 15) is 4.79 Å². The maximum absolute atomic E-state index is 11.4. The van der Waals surface area contributed by atoms with Crippen molar-refractivity contribution in [1.82, 2.24) is 9.97 Å². The molecule has 21 heavy (non-hydrogen) atoms. The zero-order valence-electron chi connectivity index (χ0n) is 11.4. The van der Waals surface area contributed by atoms with Crippen LogP contribution in [0.25, 0.3) is 0 Å². The molecule has 0 bridgehead atoms. The molecule has 0 atom stereocenters. The third kappa shape index (κ3) is 2.83. The number of aromatic nitrogens is 2. The molecule has 1 aliphatic carbocycles. The molecule has 0 unspecified atom stereocenters. The molecule has 0 saturated carbocycles. The number of ether oxygens (including phenoxy) is 2. The molecule has 1 heterocycles. The molecule has 3 rings (SSSR count). The first kappa shape index (κ1) is 13.8. The Morgan fingerprint density at radius 1 is 1.19 bits per heavy atom. The van der Waals surface area contributed by atoms with Crippen LogP contribution in [0.2, 0.25) is 5.28 Å². The maximum atomic E-state index is 11.4. The number of methoxy groups -OCH3 is 1. The van der Waals surface area contributed by atoms with E-state index >= 15 is 0 Å². The second-order valence-corrected chi connectivity index (χ2v) is 5.03. The van der Waals surface area contributed by atoms with Gasteiger partial charge in [-0.2, -0.15) is 4.98 Å². The van der Waals surface area contributed by atoms with E-state index in [0.717, 1.165) is 30.5 Å². The van der Waals surface area contributed by atoms with Gasteiger partial charge in [0.1, 0.15) is 5.75 Å². The smallest absolute Gasteiger partial charge is 0.337 e. The largest absolute Gasteiger partial charge is 0.465 e. The highest BCUT2D eigenvalue weighted by Gasteiger charge is 2.20. The molecule has 5 nitrogen and oxygen atoms in total. The number of esters is 1. The lowest BCUT2D eigenvalue weighted by molar-refractivity contribution is 0.0600. The Morgan fingerprint density at radius 2 is 1.95 bits per heavy atom. The lowest BCUT2D eigenvalue weighted by atomic mass is 10.2. The van der Waals surface area contributed by atoms with Gasteiger partial charge in [-0.25, -0.2) is 9.78 Å². The van der Waals surface area contributed by atoms with Gasteiger partial charge >= 0.3 is 5.97 Å². The van der Waals surface area contributed by atoms with Gasteiger partial charge in [0, 0.05) is 5.56 Å². The van der Waals surface area contributed by atoms with Gasteiger partial charge in [-0.15, -0.1) is 0 Å². The molecule has 0 N–H and O–H groups in total. The lowest BCUT2D eigenvalue weighted by Gasteiger charge is -2.09. The van der Waals surface area contributed by atoms with E-state index in [-0.39, 0.29) is 11.3 Å². The van der Waals surface area contributed by atoms with Gasteiger partial charge in [-0.3, -0.25) is 0 Å². The predicted octanol–water partition coefficient (Wildman–Crippen LogP) is 3.20. The minimum absolute atomic E-state index is 0.192. The number of hydrogen-bond donors (Lipinski definition) is 0. The van der Waals surface area contributed by atoms with E-state index in [1.807, 2.05) is 0 Å². The standard InChI is InChI=1S/C15H13ClN2O3/c1-20-14(19)9-5-7-10(8-6-9)21-13-11-3-2-4-12(11)17-15(16)18-13/h5-8H,2-4H2,1H3. The third-order valence-electron chi connectivity index (χ3n) is 3.36. The van der Waals surface area contributed by atoms with Crippen LogP contribution in [0.15, 0.2) is 24.3 Å². The van der Waals surface area contributed by atoms with Crippen LogP contribution >= 0.6 is 11.6 Å². The molecule has 108 valence electrons. The SMILES string of the molecule is COC(=O)c1ccc(Oc2nc(Cl)nc3c2CCC3)cc1. The van der Waals surface area contributed by atoms with E-state index in [1.165, 1.54) is 7.11 Å². The van der Waals surface area contributed by atoms with E-state index in [1.54, 1.807) is 24.3 Å². The number of nitrogens with zero attached hydrogens (tertiary/aromatic N) is 2. The summed E-state index contributed by atoms with van der Waals surface area (Å²) in [5.41, 5.74) is 2.43. The summed E-state index contributed by atoms with van der Waals surface area (Å²) < 4.78 is 10.4. The highest BCUT2D eigenvalue weighted by Crippen LogP contribution is 2.32. The first-order valence-corrected chi connectivity index (χ1v) is 6.96. The van der Waals surface area contributed by atoms with Crippen molar-refractivity contribution < 1.29 is 14.3 Å². The van der Waals surface area contributed by atoms with Crippen LogP contribution in [-0.2, 0) is 17.6 Å². The highest BCUT2D eigenvalue weighted by atomic mass is 35.5. The van der Waals surface area contributed by atoms with Crippen LogP contribution in [-0.4, -0.2) is 23.0 Å². The fraction of sp³-hybridized carbons (Fsp3) is 0.267. The van der Waals surface area contributed by atoms with Gasteiger partial charge < -0.3 is 9.47 Å². The number of rotatable bonds is 3. The number of carbonyl (C=O) groups excluding carboxylic acids is 1. The molecule has 0 spiro atoms. The minimum Gasteiger partial charge on any atom is -0.465 e. The molecule has 2 aromatic rings. The monoisotopic (exact) mass is 304 g/mol. The van der Waals surface area contributed by atoms with Crippen molar-refractivity contribution in [2.75, 3.05) is 7.11 Å². The summed E-state index contributed by atoms with van der Waals surface area (Å²) in [6.45, 7) is 0. The highest BCUT2D eigenvalue weighted by molar-refractivity contribution is 6.28. The summed E-state index contributed by atoms with van der Waals surface area (Å²) in [5, 5.41) is 0.192. The summed E-state index contributed by atoms with van der Waals surface area (Å²) in [7, 11) is 1.35. The van der Waals surface area contributed by atoms with Crippen LogP contribution in [0.1, 0.15) is 28.0 Å². The van der Waals surface area contributed by atoms with Gasteiger partial charge in [0.05, 0.1) is 18.4 Å². The Labute approximate surface area is 126 Å². The Morgan fingerprint density at radius 3 is 2.67 bits per heavy atom. The second-order valence-electron chi connectivity index (χ2n) is 4.69. The molecule has 0 fully saturated rings. The van der Waals surface area contributed by atoms with Crippen LogP contribution in [0.3, 0.4) is 0 Å². The molecular formula is C15H13ClN2O3. The van der Waals surface area contributed by atoms with Crippen molar-refractivity contribution in [3.63, 3.8) is 0 Å². The van der Waals surface area contributed by atoms with Crippen molar-refractivity contribution in [2.24, 2.45) is 0 Å². The summed E-state index contributed by atoms with van der Waals surface area (Å²) in [6, 6.07) is 6.68. The molecule has 6 heteroatoms. The number of benzene rings is 1. The summed E-state index contributed by atoms with van der Waals surface area (Å²) in [4.78, 5) is 19.8. The first-order chi connectivity index (χ1) is 10.2. The molecule has 0 radical (unpaired) electrons. The van der Waals surface area contributed by atoms with Crippen LogP contribution in [0, 0.1) is 0 Å². The van der Waals surface area contributed by atoms with E-state index in [0.29, 0.717) is 17.2 Å². The van der Waals surface area contributed by atoms with E-state index in [4.69, 9.17) is 16.3 Å². The summed E-state index contributed by atoms with van der Waals surface area (Å²) in [5.74, 6) is 0.701. The number of aryl methyl sites for hydroxylation is 1. The number of hydrogen-bond acceptors (Lipinski definition) is 5. The average molecular weight is 305 g/mol. The Bertz CT molecular complexity index is 686. The molecule has 0 amide bonds. The quantitative estimate of drug-likeness (QED) is 0.643. The molecule has 1 aromatic carbocycles. The summed E-state index contributed by atoms with van der Waals surface area (Å²) >= 11 is 5.92. The second kappa shape index (κ2) is 5.69. The molecule has 0 saturated heterocycles. The van der Waals surface area contributed by atoms with Crippen molar-refractivity contribution in [3.05, 3.63) is 46.4 Å². The average Bonchev–Trinajstić information content (AvgIpc) is 2.95. The van der Waals surface area contributed by atoms with Crippen LogP contribution in [0.5, 0.6) is 11.6 Å². The van der Waals surface area contributed by atoms with Crippen LogP contribution in [0.4, 0.5) is 0 Å². The van der Waals surface area contributed by atoms with Crippen molar-refractivity contribution >= 4 is 17.6 Å². The normalized spacial score (nSPS) is 12.9. The van der Waals surface area contributed by atoms with Gasteiger partial charge in [-0.1, -0.05) is 0 Å². The zero-order valence-corrected chi connectivity index (χ0v) is 12.2. The Hall–Kier alpha value is -2.14. The van der Waals surface area contributed by atoms with Gasteiger partial charge in [0.2, 0.25) is 11.2 Å². The van der Waals surface area contributed by atoms with Gasteiger partial charge in [0.25, 0.3) is 0 Å². The number of fused-ring (bicyclic) bond motifs is 1. The summed E-state index contributed by atoms with van der Waals surface area (Å²) in [6.07, 6.45) is 2.82. The molecule has 1 aliphatic rings. The van der Waals surface area contributed by atoms with Crippen LogP contribution < -0.4 is 4.74 Å². The van der Waals surface area contributed by atoms with Crippen molar-refractivity contribution in [2.45, 2.75) is 19.3 Å². The Kier molecular flexibility index (Phi) is 3.75. The third-order valence-corrected chi connectivity index (χ3v) is 3.53. The first-order valence-electron chi connectivity index (χ1n) is 6.59. The maximum Gasteiger partial charge on any atom is 0.337 e. The number of carbonyl (C=O) groups is 1. The van der Waals surface area contributed by atoms with Crippen molar-refractivity contribution in [3.8, 4) is 11.6 Å². The zero-order chi connectivity index (χ0) is 14.8. The van der Waals surface area contributed by atoms with Crippen molar-refractivity contribution in [1.29, 1.82) is 0 Å². The van der Waals surface area contributed by atoms with Gasteiger partial charge in [-0.05, 0) is 55.1 Å². The van der Waals surface area contributed by atoms with Gasteiger partial charge in [0.15, 0.2) is 0 Å². The molecule has 0 aliphatic heterocycles. The van der Waals surface area contributed by atoms with E-state index < -0.39 is 0 Å².